The lowest BCUT2D eigenvalue weighted by Crippen LogP contribution is -2.17. The number of carboxylic acids is 1. The van der Waals surface area contributed by atoms with Crippen molar-refractivity contribution < 1.29 is 28.9 Å². The van der Waals surface area contributed by atoms with Gasteiger partial charge in [-0.1, -0.05) is 18.2 Å². The van der Waals surface area contributed by atoms with Gasteiger partial charge >= 0.3 is 11.9 Å². The largest absolute Gasteiger partial charge is 0.493 e. The molecule has 1 aliphatic rings. The number of hydrogen-bond acceptors (Lipinski definition) is 6. The van der Waals surface area contributed by atoms with Crippen molar-refractivity contribution >= 4 is 23.7 Å². The molecule has 27 heavy (non-hydrogen) atoms. The molecule has 7 heteroatoms. The summed E-state index contributed by atoms with van der Waals surface area (Å²) >= 11 is 1.44. The standard InChI is InChI=1S/C20H20O6S/c1-24-16-8-7-12(11-5-4-6-13-14(11)9-26-20(13)23)17(18(16)25-2)15(10-27-3)19(21)22/h4-8,15H,9-10H2,1-3H3,(H,21,22). The highest BCUT2D eigenvalue weighted by atomic mass is 32.2. The first-order chi connectivity index (χ1) is 13.0. The van der Waals surface area contributed by atoms with Crippen LogP contribution in [0.1, 0.15) is 27.4 Å². The van der Waals surface area contributed by atoms with E-state index < -0.39 is 11.9 Å². The molecule has 0 spiro atoms. The van der Waals surface area contributed by atoms with E-state index in [9.17, 15) is 14.7 Å². The summed E-state index contributed by atoms with van der Waals surface area (Å²) in [7, 11) is 3.00. The Labute approximate surface area is 161 Å². The second-order valence-corrected chi connectivity index (χ2v) is 6.93. The maximum Gasteiger partial charge on any atom is 0.338 e. The van der Waals surface area contributed by atoms with Gasteiger partial charge in [0.1, 0.15) is 6.61 Å². The number of cyclic esters (lactones) is 1. The first-order valence-corrected chi connectivity index (χ1v) is 9.68. The summed E-state index contributed by atoms with van der Waals surface area (Å²) in [5.41, 5.74) is 3.26. The second-order valence-electron chi connectivity index (χ2n) is 6.02. The Morgan fingerprint density at radius 2 is 1.93 bits per heavy atom. The van der Waals surface area contributed by atoms with Gasteiger partial charge in [0.15, 0.2) is 11.5 Å². The van der Waals surface area contributed by atoms with Crippen molar-refractivity contribution in [3.05, 3.63) is 47.0 Å². The molecule has 0 radical (unpaired) electrons. The maximum atomic E-state index is 12.0. The van der Waals surface area contributed by atoms with Gasteiger partial charge in [-0.3, -0.25) is 4.79 Å². The predicted molar refractivity (Wildman–Crippen MR) is 103 cm³/mol. The van der Waals surface area contributed by atoms with Crippen LogP contribution >= 0.6 is 11.8 Å². The Hall–Kier alpha value is -2.67. The molecule has 1 heterocycles. The molecule has 142 valence electrons. The van der Waals surface area contributed by atoms with Crippen LogP contribution in [0.4, 0.5) is 0 Å². The van der Waals surface area contributed by atoms with Crippen LogP contribution in [-0.2, 0) is 16.1 Å². The lowest BCUT2D eigenvalue weighted by molar-refractivity contribution is -0.138. The molecule has 1 atom stereocenters. The molecule has 1 N–H and O–H groups in total. The van der Waals surface area contributed by atoms with Crippen molar-refractivity contribution in [2.45, 2.75) is 12.5 Å². The Morgan fingerprint density at radius 1 is 1.19 bits per heavy atom. The van der Waals surface area contributed by atoms with E-state index in [1.54, 1.807) is 18.2 Å². The maximum absolute atomic E-state index is 12.0. The van der Waals surface area contributed by atoms with Gasteiger partial charge < -0.3 is 19.3 Å². The lowest BCUT2D eigenvalue weighted by Gasteiger charge is -2.22. The first-order valence-electron chi connectivity index (χ1n) is 8.29. The van der Waals surface area contributed by atoms with Gasteiger partial charge in [-0.2, -0.15) is 11.8 Å². The minimum atomic E-state index is -0.947. The molecule has 0 bridgehead atoms. The van der Waals surface area contributed by atoms with E-state index in [0.29, 0.717) is 33.9 Å². The number of carboxylic acid groups (broad SMARTS) is 1. The first kappa shape index (κ1) is 19.1. The zero-order valence-electron chi connectivity index (χ0n) is 15.3. The number of aliphatic carboxylic acids is 1. The van der Waals surface area contributed by atoms with Crippen molar-refractivity contribution in [1.82, 2.24) is 0 Å². The quantitative estimate of drug-likeness (QED) is 0.726. The number of rotatable bonds is 7. The predicted octanol–water partition coefficient (Wildman–Crippen LogP) is 3.57. The normalized spacial score (nSPS) is 13.7. The number of esters is 1. The van der Waals surface area contributed by atoms with E-state index in [1.807, 2.05) is 18.4 Å². The molecule has 0 amide bonds. The summed E-state index contributed by atoms with van der Waals surface area (Å²) in [6.45, 7) is 0.165. The molecule has 6 nitrogen and oxygen atoms in total. The lowest BCUT2D eigenvalue weighted by atomic mass is 9.87. The van der Waals surface area contributed by atoms with Crippen molar-refractivity contribution in [3.63, 3.8) is 0 Å². The molecule has 3 rings (SSSR count). The zero-order chi connectivity index (χ0) is 19.6. The molecule has 2 aromatic carbocycles. The summed E-state index contributed by atoms with van der Waals surface area (Å²) in [5.74, 6) is -0.891. The number of ether oxygens (including phenoxy) is 3. The van der Waals surface area contributed by atoms with E-state index in [2.05, 4.69) is 0 Å². The number of carbonyl (C=O) groups excluding carboxylic acids is 1. The summed E-state index contributed by atoms with van der Waals surface area (Å²) < 4.78 is 16.1. The SMILES string of the molecule is COc1ccc(-c2cccc3c2COC3=O)c(C(CSC)C(=O)O)c1OC. The number of carbonyl (C=O) groups is 2. The summed E-state index contributed by atoms with van der Waals surface area (Å²) in [4.78, 5) is 24.0. The van der Waals surface area contributed by atoms with Gasteiger partial charge in [-0.25, -0.2) is 4.79 Å². The van der Waals surface area contributed by atoms with Crippen LogP contribution in [-0.4, -0.2) is 43.3 Å². The highest BCUT2D eigenvalue weighted by molar-refractivity contribution is 7.98. The van der Waals surface area contributed by atoms with Crippen LogP contribution in [0.15, 0.2) is 30.3 Å². The van der Waals surface area contributed by atoms with Crippen molar-refractivity contribution in [1.29, 1.82) is 0 Å². The minimum Gasteiger partial charge on any atom is -0.493 e. The summed E-state index contributed by atoms with van der Waals surface area (Å²) in [6, 6.07) is 8.90. The molecule has 2 aromatic rings. The number of methoxy groups -OCH3 is 2. The number of benzene rings is 2. The summed E-state index contributed by atoms with van der Waals surface area (Å²) in [5, 5.41) is 9.86. The Balaban J connectivity index is 2.31. The second kappa shape index (κ2) is 7.92. The molecule has 0 fully saturated rings. The van der Waals surface area contributed by atoms with Crippen LogP contribution < -0.4 is 9.47 Å². The highest BCUT2D eigenvalue weighted by Crippen LogP contribution is 2.45. The third-order valence-electron chi connectivity index (χ3n) is 4.60. The van der Waals surface area contributed by atoms with Gasteiger partial charge in [-0.05, 0) is 29.5 Å². The zero-order valence-corrected chi connectivity index (χ0v) is 16.1. The molecule has 0 aliphatic carbocycles. The van der Waals surface area contributed by atoms with E-state index in [4.69, 9.17) is 14.2 Å². The van der Waals surface area contributed by atoms with Gasteiger partial charge in [-0.15, -0.1) is 0 Å². The molecule has 1 aliphatic heterocycles. The monoisotopic (exact) mass is 388 g/mol. The van der Waals surface area contributed by atoms with Crippen LogP contribution in [0, 0.1) is 0 Å². The van der Waals surface area contributed by atoms with Crippen LogP contribution in [0.25, 0.3) is 11.1 Å². The fraction of sp³-hybridized carbons (Fsp3) is 0.300. The van der Waals surface area contributed by atoms with Gasteiger partial charge in [0, 0.05) is 16.9 Å². The van der Waals surface area contributed by atoms with Crippen LogP contribution in [0.3, 0.4) is 0 Å². The number of hydrogen-bond donors (Lipinski definition) is 1. The third kappa shape index (κ3) is 3.35. The molecule has 1 unspecified atom stereocenters. The van der Waals surface area contributed by atoms with E-state index in [0.717, 1.165) is 11.1 Å². The van der Waals surface area contributed by atoms with Crippen molar-refractivity contribution in [2.24, 2.45) is 0 Å². The Kier molecular flexibility index (Phi) is 5.60. The van der Waals surface area contributed by atoms with Gasteiger partial charge in [0.05, 0.1) is 25.7 Å². The molecular weight excluding hydrogens is 368 g/mol. The average Bonchev–Trinajstić information content (AvgIpc) is 3.06. The number of thioether (sulfide) groups is 1. The van der Waals surface area contributed by atoms with Gasteiger partial charge in [0.2, 0.25) is 0 Å². The third-order valence-corrected chi connectivity index (χ3v) is 5.26. The average molecular weight is 388 g/mol. The molecule has 0 saturated carbocycles. The molecular formula is C20H20O6S. The number of fused-ring (bicyclic) bond motifs is 1. The van der Waals surface area contributed by atoms with Crippen molar-refractivity contribution in [2.75, 3.05) is 26.2 Å². The molecule has 0 saturated heterocycles. The van der Waals surface area contributed by atoms with E-state index in [-0.39, 0.29) is 12.6 Å². The Bertz CT molecular complexity index is 892. The topological polar surface area (TPSA) is 82.1 Å². The Morgan fingerprint density at radius 3 is 2.56 bits per heavy atom. The minimum absolute atomic E-state index is 0.165. The fourth-order valence-corrected chi connectivity index (χ4v) is 4.02. The van der Waals surface area contributed by atoms with E-state index in [1.165, 1.54) is 26.0 Å². The highest BCUT2D eigenvalue weighted by Gasteiger charge is 2.31. The van der Waals surface area contributed by atoms with Gasteiger partial charge in [0.25, 0.3) is 0 Å². The summed E-state index contributed by atoms with van der Waals surface area (Å²) in [6.07, 6.45) is 1.86. The molecule has 0 aromatic heterocycles. The van der Waals surface area contributed by atoms with Crippen molar-refractivity contribution in [3.8, 4) is 22.6 Å². The van der Waals surface area contributed by atoms with E-state index >= 15 is 0 Å². The van der Waals surface area contributed by atoms with Crippen LogP contribution in [0.5, 0.6) is 11.5 Å². The van der Waals surface area contributed by atoms with Crippen LogP contribution in [0.2, 0.25) is 0 Å². The fourth-order valence-electron chi connectivity index (χ4n) is 3.38. The smallest absolute Gasteiger partial charge is 0.338 e.